The van der Waals surface area contributed by atoms with Gasteiger partial charge in [0.1, 0.15) is 5.82 Å². The lowest BCUT2D eigenvalue weighted by atomic mass is 9.92. The van der Waals surface area contributed by atoms with Crippen molar-refractivity contribution in [3.8, 4) is 0 Å². The maximum atomic E-state index is 13.4. The molecule has 2 rings (SSSR count). The maximum absolute atomic E-state index is 13.4. The zero-order valence-electron chi connectivity index (χ0n) is 19.3. The summed E-state index contributed by atoms with van der Waals surface area (Å²) in [5.74, 6) is 0.152. The number of carbonyl (C=O) groups excluding carboxylic acids is 1. The monoisotopic (exact) mass is 434 g/mol. The second-order valence-corrected chi connectivity index (χ2v) is 10.8. The Bertz CT molecular complexity index is 1010. The van der Waals surface area contributed by atoms with Crippen LogP contribution in [0.25, 0.3) is 0 Å². The summed E-state index contributed by atoms with van der Waals surface area (Å²) in [5.41, 5.74) is 3.09. The first-order chi connectivity index (χ1) is 13.8. The van der Waals surface area contributed by atoms with E-state index in [-0.39, 0.29) is 23.4 Å². The molecule has 0 radical (unpaired) electrons. The Kier molecular flexibility index (Phi) is 7.14. The minimum absolute atomic E-state index is 0.154. The molecule has 0 bridgehead atoms. The average molecular weight is 435 g/mol. The van der Waals surface area contributed by atoms with E-state index in [2.05, 4.69) is 10.4 Å². The summed E-state index contributed by atoms with van der Waals surface area (Å²) in [4.78, 5) is 13.0. The minimum Gasteiger partial charge on any atom is -0.310 e. The molecular weight excluding hydrogens is 400 g/mol. The van der Waals surface area contributed by atoms with Crippen LogP contribution in [0.4, 0.5) is 5.82 Å². The molecule has 0 aliphatic rings. The summed E-state index contributed by atoms with van der Waals surface area (Å²) in [5, 5.41) is 7.26. The van der Waals surface area contributed by atoms with Gasteiger partial charge in [-0.1, -0.05) is 45.4 Å². The molecule has 1 heterocycles. The third-order valence-electron chi connectivity index (χ3n) is 4.91. The lowest BCUT2D eigenvalue weighted by Gasteiger charge is -2.23. The zero-order chi connectivity index (χ0) is 22.9. The van der Waals surface area contributed by atoms with Gasteiger partial charge in [0.05, 0.1) is 17.1 Å². The van der Waals surface area contributed by atoms with Crippen LogP contribution in [0.3, 0.4) is 0 Å². The van der Waals surface area contributed by atoms with Gasteiger partial charge >= 0.3 is 0 Å². The maximum Gasteiger partial charge on any atom is 0.244 e. The fourth-order valence-corrected chi connectivity index (χ4v) is 5.43. The fraction of sp³-hybridized carbons (Fsp3) is 0.545. The Morgan fingerprint density at radius 3 is 2.17 bits per heavy atom. The number of amides is 1. The Balaban J connectivity index is 2.29. The van der Waals surface area contributed by atoms with Crippen molar-refractivity contribution in [2.45, 2.75) is 65.2 Å². The van der Waals surface area contributed by atoms with Crippen LogP contribution in [-0.2, 0) is 27.3 Å². The zero-order valence-corrected chi connectivity index (χ0v) is 20.1. The molecule has 0 saturated heterocycles. The number of aromatic nitrogens is 2. The van der Waals surface area contributed by atoms with Gasteiger partial charge in [0.25, 0.3) is 0 Å². The minimum atomic E-state index is -3.81. The Labute approximate surface area is 180 Å². The van der Waals surface area contributed by atoms with E-state index in [0.29, 0.717) is 23.4 Å². The van der Waals surface area contributed by atoms with Crippen LogP contribution in [-0.4, -0.2) is 41.5 Å². The predicted octanol–water partition coefficient (Wildman–Crippen LogP) is 3.68. The van der Waals surface area contributed by atoms with E-state index in [1.165, 1.54) is 4.31 Å². The van der Waals surface area contributed by atoms with Crippen LogP contribution >= 0.6 is 0 Å². The topological polar surface area (TPSA) is 84.3 Å². The van der Waals surface area contributed by atoms with Gasteiger partial charge < -0.3 is 5.32 Å². The number of sulfonamides is 1. The number of benzene rings is 1. The number of nitrogens with one attached hydrogen (secondary N) is 1. The first-order valence-corrected chi connectivity index (χ1v) is 11.6. The van der Waals surface area contributed by atoms with Crippen molar-refractivity contribution in [1.82, 2.24) is 14.1 Å². The molecule has 1 aromatic heterocycles. The first kappa shape index (κ1) is 24.1. The van der Waals surface area contributed by atoms with Gasteiger partial charge in [-0.15, -0.1) is 0 Å². The molecule has 2 aromatic rings. The van der Waals surface area contributed by atoms with Crippen LogP contribution in [0.15, 0.2) is 23.1 Å². The normalized spacial score (nSPS) is 12.4. The number of anilines is 1. The van der Waals surface area contributed by atoms with Crippen LogP contribution in [0.2, 0.25) is 0 Å². The van der Waals surface area contributed by atoms with Crippen LogP contribution in [0, 0.1) is 20.8 Å². The lowest BCUT2D eigenvalue weighted by Crippen LogP contribution is -2.39. The van der Waals surface area contributed by atoms with Gasteiger partial charge in [-0.2, -0.15) is 9.40 Å². The third-order valence-corrected chi connectivity index (χ3v) is 7.06. The van der Waals surface area contributed by atoms with E-state index in [1.54, 1.807) is 25.6 Å². The molecule has 1 amide bonds. The molecule has 166 valence electrons. The number of hydrogen-bond donors (Lipinski definition) is 1. The van der Waals surface area contributed by atoms with Crippen LogP contribution in [0.5, 0.6) is 0 Å². The summed E-state index contributed by atoms with van der Waals surface area (Å²) < 4.78 is 29.6. The molecule has 0 atom stereocenters. The van der Waals surface area contributed by atoms with Crippen molar-refractivity contribution in [1.29, 1.82) is 0 Å². The van der Waals surface area contributed by atoms with Crippen molar-refractivity contribution in [3.05, 3.63) is 40.6 Å². The highest BCUT2D eigenvalue weighted by Crippen LogP contribution is 2.26. The summed E-state index contributed by atoms with van der Waals surface area (Å²) in [6.45, 7) is 13.6. The molecule has 1 aromatic carbocycles. The van der Waals surface area contributed by atoms with Gasteiger partial charge in [-0.25, -0.2) is 8.42 Å². The standard InChI is InChI=1S/C22H34N4O3S/c1-9-10-26(30(28,29)21-16(3)11-15(2)12-17(21)4)14-20(27)23-19-13-18(22(5,6)7)24-25(19)8/h11-13H,9-10,14H2,1-8H3,(H,23,27). The van der Waals surface area contributed by atoms with Gasteiger partial charge in [0.2, 0.25) is 15.9 Å². The molecule has 30 heavy (non-hydrogen) atoms. The molecule has 0 fully saturated rings. The predicted molar refractivity (Wildman–Crippen MR) is 120 cm³/mol. The number of hydrogen-bond acceptors (Lipinski definition) is 4. The highest BCUT2D eigenvalue weighted by atomic mass is 32.2. The average Bonchev–Trinajstić information content (AvgIpc) is 2.94. The largest absolute Gasteiger partial charge is 0.310 e. The van der Waals surface area contributed by atoms with Gasteiger partial charge in [-0.3, -0.25) is 9.48 Å². The van der Waals surface area contributed by atoms with Gasteiger partial charge in [-0.05, 0) is 38.3 Å². The molecule has 0 saturated carbocycles. The third kappa shape index (κ3) is 5.29. The van der Waals surface area contributed by atoms with Crippen molar-refractivity contribution >= 4 is 21.7 Å². The second kappa shape index (κ2) is 8.89. The molecule has 1 N–H and O–H groups in total. The van der Waals surface area contributed by atoms with Gasteiger partial charge in [0.15, 0.2) is 0 Å². The fourth-order valence-electron chi connectivity index (χ4n) is 3.53. The van der Waals surface area contributed by atoms with Crippen molar-refractivity contribution in [3.63, 3.8) is 0 Å². The van der Waals surface area contributed by atoms with Crippen molar-refractivity contribution < 1.29 is 13.2 Å². The first-order valence-electron chi connectivity index (χ1n) is 10.2. The van der Waals surface area contributed by atoms with E-state index in [0.717, 1.165) is 11.3 Å². The summed E-state index contributed by atoms with van der Waals surface area (Å²) in [6, 6.07) is 5.53. The summed E-state index contributed by atoms with van der Waals surface area (Å²) in [7, 11) is -2.05. The van der Waals surface area contributed by atoms with E-state index >= 15 is 0 Å². The van der Waals surface area contributed by atoms with Gasteiger partial charge in [0, 0.05) is 25.1 Å². The van der Waals surface area contributed by atoms with E-state index in [9.17, 15) is 13.2 Å². The number of carbonyl (C=O) groups is 1. The highest BCUT2D eigenvalue weighted by molar-refractivity contribution is 7.89. The quantitative estimate of drug-likeness (QED) is 0.720. The molecular formula is C22H34N4O3S. The number of rotatable bonds is 7. The highest BCUT2D eigenvalue weighted by Gasteiger charge is 2.29. The van der Waals surface area contributed by atoms with Crippen LogP contribution < -0.4 is 5.32 Å². The van der Waals surface area contributed by atoms with Crippen molar-refractivity contribution in [2.75, 3.05) is 18.4 Å². The molecule has 0 aliphatic carbocycles. The van der Waals surface area contributed by atoms with E-state index in [4.69, 9.17) is 0 Å². The molecule has 0 unspecified atom stereocenters. The van der Waals surface area contributed by atoms with E-state index in [1.807, 2.05) is 52.8 Å². The van der Waals surface area contributed by atoms with Crippen molar-refractivity contribution in [2.24, 2.45) is 7.05 Å². The molecule has 7 nitrogen and oxygen atoms in total. The SMILES string of the molecule is CCCN(CC(=O)Nc1cc(C(C)(C)C)nn1C)S(=O)(=O)c1c(C)cc(C)cc1C. The Morgan fingerprint density at radius 1 is 1.13 bits per heavy atom. The lowest BCUT2D eigenvalue weighted by molar-refractivity contribution is -0.116. The molecule has 0 aliphatic heterocycles. The summed E-state index contributed by atoms with van der Waals surface area (Å²) >= 11 is 0. The Morgan fingerprint density at radius 2 is 1.70 bits per heavy atom. The summed E-state index contributed by atoms with van der Waals surface area (Å²) in [6.07, 6.45) is 0.607. The molecule has 8 heteroatoms. The smallest absolute Gasteiger partial charge is 0.244 e. The van der Waals surface area contributed by atoms with Crippen LogP contribution in [0.1, 0.15) is 56.5 Å². The molecule has 0 spiro atoms. The number of aryl methyl sites for hydroxylation is 4. The van der Waals surface area contributed by atoms with E-state index < -0.39 is 15.9 Å². The Hall–Kier alpha value is -2.19. The number of nitrogens with zero attached hydrogens (tertiary/aromatic N) is 3. The second-order valence-electron chi connectivity index (χ2n) is 8.90.